The Hall–Kier alpha value is -2.75. The lowest BCUT2D eigenvalue weighted by atomic mass is 9.65. The van der Waals surface area contributed by atoms with Crippen molar-refractivity contribution in [1.82, 2.24) is 0 Å². The Kier molecular flexibility index (Phi) is 5.02. The topological polar surface area (TPSA) is 95.7 Å². The van der Waals surface area contributed by atoms with Crippen LogP contribution >= 0.6 is 0 Å². The van der Waals surface area contributed by atoms with E-state index in [2.05, 4.69) is 0 Å². The van der Waals surface area contributed by atoms with Crippen LogP contribution in [0.25, 0.3) is 0 Å². The van der Waals surface area contributed by atoms with Gasteiger partial charge in [0.05, 0.1) is 10.1 Å². The fourth-order valence-electron chi connectivity index (χ4n) is 3.04. The van der Waals surface area contributed by atoms with Crippen molar-refractivity contribution in [2.75, 3.05) is 0 Å². The molecule has 148 valence electrons. The molecule has 0 saturated heterocycles. The summed E-state index contributed by atoms with van der Waals surface area (Å²) in [5.41, 5.74) is 3.19. The largest absolute Gasteiger partial charge is 0.466 e. The first-order chi connectivity index (χ1) is 13.4. The molecule has 0 amide bonds. The zero-order valence-electron chi connectivity index (χ0n) is 15.9. The number of hydrogen-bond acceptors (Lipinski definition) is 6. The highest BCUT2D eigenvalue weighted by Crippen LogP contribution is 2.39. The Morgan fingerprint density at radius 3 is 2.14 bits per heavy atom. The van der Waals surface area contributed by atoms with Gasteiger partial charge in [-0.3, -0.25) is 4.79 Å². The van der Waals surface area contributed by atoms with Crippen LogP contribution in [0.2, 0.25) is 0 Å². The Balaban J connectivity index is 1.99. The van der Waals surface area contributed by atoms with E-state index in [-0.39, 0.29) is 0 Å². The number of carbonyl (C=O) groups is 1. The molecule has 1 heterocycles. The van der Waals surface area contributed by atoms with Gasteiger partial charge in [-0.15, -0.1) is 0 Å². The van der Waals surface area contributed by atoms with Gasteiger partial charge in [-0.1, -0.05) is 36.4 Å². The maximum Gasteiger partial charge on any atom is 0.304 e. The fourth-order valence-corrected chi connectivity index (χ4v) is 4.05. The summed E-state index contributed by atoms with van der Waals surface area (Å²) in [5.74, 6) is -4.68. The lowest BCUT2D eigenvalue weighted by Gasteiger charge is -2.26. The van der Waals surface area contributed by atoms with E-state index in [1.165, 1.54) is 15.7 Å². The smallest absolute Gasteiger partial charge is 0.304 e. The Labute approximate surface area is 169 Å². The minimum absolute atomic E-state index is 0.411. The second kappa shape index (κ2) is 6.94. The van der Waals surface area contributed by atoms with Crippen LogP contribution in [0, 0.1) is 11.6 Å². The number of carbonyl (C=O) groups excluding carboxylic acids is 1. The lowest BCUT2D eigenvalue weighted by Crippen LogP contribution is -2.41. The van der Waals surface area contributed by atoms with Crippen LogP contribution in [0.15, 0.2) is 60.2 Å². The van der Waals surface area contributed by atoms with Crippen LogP contribution in [0.1, 0.15) is 11.1 Å². The molecule has 0 fully saturated rings. The molecule has 6 nitrogen and oxygen atoms in total. The maximum atomic E-state index is 14.2. The van der Waals surface area contributed by atoms with Crippen molar-refractivity contribution in [2.45, 2.75) is 10.0 Å². The van der Waals surface area contributed by atoms with Crippen LogP contribution in [0.5, 0.6) is 0 Å². The van der Waals surface area contributed by atoms with Crippen molar-refractivity contribution >= 4 is 39.4 Å². The van der Waals surface area contributed by atoms with Gasteiger partial charge in [0.15, 0.2) is 13.3 Å². The number of benzene rings is 2. The fraction of sp³-hybridized carbons (Fsp3) is 0.118. The minimum Gasteiger partial charge on any atom is -0.466 e. The van der Waals surface area contributed by atoms with Gasteiger partial charge in [-0.2, -0.15) is 8.42 Å². The van der Waals surface area contributed by atoms with Crippen molar-refractivity contribution in [3.8, 4) is 0 Å². The molecule has 2 aromatic carbocycles. The summed E-state index contributed by atoms with van der Waals surface area (Å²) in [4.78, 5) is 12.9. The summed E-state index contributed by atoms with van der Waals surface area (Å²) in [5, 5.41) is 0. The summed E-state index contributed by atoms with van der Waals surface area (Å²) >= 11 is 0. The Bertz CT molecular complexity index is 1100. The highest BCUT2D eigenvalue weighted by molar-refractivity contribution is 7.90. The third-order valence-electron chi connectivity index (χ3n) is 4.90. The summed E-state index contributed by atoms with van der Waals surface area (Å²) in [6.07, 6.45) is 0. The molecule has 0 aliphatic carbocycles. The molecular formula is C17H16B3F2NO5S. The van der Waals surface area contributed by atoms with E-state index in [9.17, 15) is 22.0 Å². The second-order valence-corrected chi connectivity index (χ2v) is 9.26. The van der Waals surface area contributed by atoms with E-state index < -0.39 is 54.8 Å². The van der Waals surface area contributed by atoms with Gasteiger partial charge in [0.2, 0.25) is 17.4 Å². The van der Waals surface area contributed by atoms with Gasteiger partial charge in [0.1, 0.15) is 27.3 Å². The standard InChI is InChI=1S/C17H16B3F2NO5S/c18-16(12-10(21)7-4-8-11(12)22)14(24)13(15(23)27-16)28-29(25,26)17(19,20)9-5-2-1-3-6-9/h1-8H,18-20,23H2. The van der Waals surface area contributed by atoms with Crippen LogP contribution < -0.4 is 5.73 Å². The van der Waals surface area contributed by atoms with Crippen molar-refractivity contribution in [2.24, 2.45) is 5.73 Å². The molecule has 1 unspecified atom stereocenters. The first-order valence-electron chi connectivity index (χ1n) is 8.59. The Morgan fingerprint density at radius 2 is 1.59 bits per heavy atom. The van der Waals surface area contributed by atoms with Gasteiger partial charge in [0, 0.05) is 0 Å². The van der Waals surface area contributed by atoms with Crippen LogP contribution in [0.3, 0.4) is 0 Å². The number of nitrogens with two attached hydrogens (primary N) is 1. The first kappa shape index (κ1) is 21.0. The average Bonchev–Trinajstić information content (AvgIpc) is 2.85. The van der Waals surface area contributed by atoms with E-state index in [1.807, 2.05) is 0 Å². The number of ketones is 1. The molecule has 0 spiro atoms. The third-order valence-corrected chi connectivity index (χ3v) is 6.78. The molecule has 29 heavy (non-hydrogen) atoms. The van der Waals surface area contributed by atoms with E-state index in [1.54, 1.807) is 30.3 Å². The number of rotatable bonds is 5. The summed E-state index contributed by atoms with van der Waals surface area (Å²) in [7, 11) is -0.562. The molecular weight excluding hydrogens is 401 g/mol. The zero-order valence-corrected chi connectivity index (χ0v) is 16.7. The predicted molar refractivity (Wildman–Crippen MR) is 109 cm³/mol. The van der Waals surface area contributed by atoms with Gasteiger partial charge in [-0.05, 0) is 17.7 Å². The molecule has 1 atom stereocenters. The molecule has 0 aromatic heterocycles. The molecule has 0 bridgehead atoms. The first-order valence-corrected chi connectivity index (χ1v) is 10.0. The maximum absolute atomic E-state index is 14.2. The van der Waals surface area contributed by atoms with Gasteiger partial charge < -0.3 is 14.7 Å². The molecule has 2 N–H and O–H groups in total. The van der Waals surface area contributed by atoms with E-state index >= 15 is 0 Å². The van der Waals surface area contributed by atoms with Gasteiger partial charge >= 0.3 is 10.1 Å². The molecule has 2 aromatic rings. The van der Waals surface area contributed by atoms with Crippen LogP contribution in [0.4, 0.5) is 8.78 Å². The molecule has 12 heteroatoms. The molecule has 1 aliphatic heterocycles. The predicted octanol–water partition coefficient (Wildman–Crippen LogP) is -1.10. The SMILES string of the molecule is BC1(c2c(F)cccc2F)OC(N)=C(OS(=O)(=O)C(B)(B)c2ccccc2)C1=O. The quantitative estimate of drug-likeness (QED) is 0.491. The molecule has 1 aliphatic rings. The molecule has 3 rings (SSSR count). The monoisotopic (exact) mass is 417 g/mol. The molecule has 0 saturated carbocycles. The van der Waals surface area contributed by atoms with Crippen LogP contribution in [-0.2, 0) is 33.9 Å². The zero-order chi connectivity index (χ0) is 21.6. The van der Waals surface area contributed by atoms with Crippen molar-refractivity contribution in [1.29, 1.82) is 0 Å². The third kappa shape index (κ3) is 3.31. The van der Waals surface area contributed by atoms with E-state index in [0.717, 1.165) is 26.0 Å². The Morgan fingerprint density at radius 1 is 1.03 bits per heavy atom. The summed E-state index contributed by atoms with van der Waals surface area (Å²) < 4.78 is 63.0. The van der Waals surface area contributed by atoms with Crippen molar-refractivity contribution in [3.05, 3.63) is 82.9 Å². The van der Waals surface area contributed by atoms with E-state index in [0.29, 0.717) is 5.56 Å². The number of hydrogen-bond donors (Lipinski definition) is 1. The molecule has 0 radical (unpaired) electrons. The van der Waals surface area contributed by atoms with Crippen molar-refractivity contribution < 1.29 is 30.9 Å². The highest BCUT2D eigenvalue weighted by atomic mass is 32.2. The van der Waals surface area contributed by atoms with Gasteiger partial charge in [0.25, 0.3) is 0 Å². The normalized spacial score (nSPS) is 19.9. The van der Waals surface area contributed by atoms with E-state index in [4.69, 9.17) is 14.7 Å². The van der Waals surface area contributed by atoms with Gasteiger partial charge in [-0.25, -0.2) is 8.78 Å². The lowest BCUT2D eigenvalue weighted by molar-refractivity contribution is -0.126. The van der Waals surface area contributed by atoms with Crippen LogP contribution in [-0.4, -0.2) is 37.7 Å². The second-order valence-electron chi connectivity index (χ2n) is 7.17. The minimum atomic E-state index is -4.44. The number of ether oxygens (including phenoxy) is 1. The van der Waals surface area contributed by atoms with Crippen molar-refractivity contribution in [3.63, 3.8) is 0 Å². The summed E-state index contributed by atoms with van der Waals surface area (Å²) in [6, 6.07) is 11.2. The number of halogens is 2. The number of Topliss-reactive ketones (excluding diaryl/α,β-unsaturated/α-hetero) is 1. The summed E-state index contributed by atoms with van der Waals surface area (Å²) in [6.45, 7) is 0. The highest BCUT2D eigenvalue weighted by Gasteiger charge is 2.53. The average molecular weight is 417 g/mol.